The van der Waals surface area contributed by atoms with Crippen LogP contribution in [0, 0.1) is 5.92 Å². The van der Waals surface area contributed by atoms with E-state index < -0.39 is 11.5 Å². The SMILES string of the molecule is CC(NC(=O)N(Cc1cccs1)C1CC1)(C(=O)O)C1CC1. The van der Waals surface area contributed by atoms with Crippen molar-refractivity contribution in [1.82, 2.24) is 10.2 Å². The molecule has 114 valence electrons. The quantitative estimate of drug-likeness (QED) is 0.849. The fraction of sp³-hybridized carbons (Fsp3) is 0.600. The summed E-state index contributed by atoms with van der Waals surface area (Å²) in [6.45, 7) is 2.19. The fourth-order valence-corrected chi connectivity index (χ4v) is 3.31. The third-order valence-corrected chi connectivity index (χ3v) is 5.22. The molecule has 5 nitrogen and oxygen atoms in total. The summed E-state index contributed by atoms with van der Waals surface area (Å²) in [5.41, 5.74) is -1.14. The number of hydrogen-bond acceptors (Lipinski definition) is 3. The van der Waals surface area contributed by atoms with E-state index >= 15 is 0 Å². The molecule has 6 heteroatoms. The second-order valence-corrected chi connectivity index (χ2v) is 7.18. The molecule has 0 radical (unpaired) electrons. The molecule has 1 aromatic rings. The molecule has 1 aromatic heterocycles. The first-order valence-electron chi connectivity index (χ1n) is 7.35. The first-order valence-corrected chi connectivity index (χ1v) is 8.23. The van der Waals surface area contributed by atoms with Crippen LogP contribution in [-0.4, -0.2) is 33.6 Å². The van der Waals surface area contributed by atoms with Gasteiger partial charge in [0.1, 0.15) is 5.54 Å². The Labute approximate surface area is 128 Å². The number of carboxylic acids is 1. The number of nitrogens with zero attached hydrogens (tertiary/aromatic N) is 1. The van der Waals surface area contributed by atoms with Crippen LogP contribution in [0.25, 0.3) is 0 Å². The van der Waals surface area contributed by atoms with Crippen LogP contribution in [0.1, 0.15) is 37.5 Å². The molecule has 21 heavy (non-hydrogen) atoms. The van der Waals surface area contributed by atoms with Gasteiger partial charge < -0.3 is 15.3 Å². The molecule has 0 spiro atoms. The van der Waals surface area contributed by atoms with Crippen LogP contribution in [0.3, 0.4) is 0 Å². The summed E-state index contributed by atoms with van der Waals surface area (Å²) in [5, 5.41) is 14.2. The number of carbonyl (C=O) groups excluding carboxylic acids is 1. The van der Waals surface area contributed by atoms with Crippen LogP contribution in [0.15, 0.2) is 17.5 Å². The molecule has 3 rings (SSSR count). The van der Waals surface area contributed by atoms with Crippen molar-refractivity contribution in [2.45, 2.75) is 50.7 Å². The second kappa shape index (κ2) is 5.33. The summed E-state index contributed by atoms with van der Waals surface area (Å²) >= 11 is 1.62. The lowest BCUT2D eigenvalue weighted by atomic mass is 9.96. The number of aliphatic carboxylic acids is 1. The zero-order valence-corrected chi connectivity index (χ0v) is 12.9. The Morgan fingerprint density at radius 1 is 1.43 bits per heavy atom. The van der Waals surface area contributed by atoms with Crippen LogP contribution in [0.5, 0.6) is 0 Å². The van der Waals surface area contributed by atoms with Crippen molar-refractivity contribution in [3.8, 4) is 0 Å². The van der Waals surface area contributed by atoms with Gasteiger partial charge in [0, 0.05) is 10.9 Å². The number of hydrogen-bond donors (Lipinski definition) is 2. The van der Waals surface area contributed by atoms with E-state index in [1.807, 2.05) is 17.5 Å². The molecule has 2 aliphatic rings. The van der Waals surface area contributed by atoms with Gasteiger partial charge in [0.2, 0.25) is 0 Å². The van der Waals surface area contributed by atoms with E-state index in [9.17, 15) is 14.7 Å². The highest BCUT2D eigenvalue weighted by atomic mass is 32.1. The maximum Gasteiger partial charge on any atom is 0.329 e. The average molecular weight is 308 g/mol. The summed E-state index contributed by atoms with van der Waals surface area (Å²) in [6, 6.07) is 3.98. The minimum atomic E-state index is -1.14. The van der Waals surface area contributed by atoms with Gasteiger partial charge in [-0.05, 0) is 50.0 Å². The Morgan fingerprint density at radius 3 is 2.62 bits per heavy atom. The molecule has 0 aliphatic heterocycles. The van der Waals surface area contributed by atoms with Gasteiger partial charge in [0.15, 0.2) is 0 Å². The topological polar surface area (TPSA) is 69.6 Å². The van der Waals surface area contributed by atoms with Crippen molar-refractivity contribution in [2.75, 3.05) is 0 Å². The minimum Gasteiger partial charge on any atom is -0.480 e. The first kappa shape index (κ1) is 14.4. The lowest BCUT2D eigenvalue weighted by Crippen LogP contribution is -2.57. The summed E-state index contributed by atoms with van der Waals surface area (Å²) in [6.07, 6.45) is 3.76. The summed E-state index contributed by atoms with van der Waals surface area (Å²) in [7, 11) is 0. The van der Waals surface area contributed by atoms with Crippen LogP contribution in [-0.2, 0) is 11.3 Å². The smallest absolute Gasteiger partial charge is 0.329 e. The van der Waals surface area contributed by atoms with E-state index in [4.69, 9.17) is 0 Å². The van der Waals surface area contributed by atoms with Gasteiger partial charge in [0.05, 0.1) is 6.54 Å². The molecule has 0 bridgehead atoms. The Kier molecular flexibility index (Phi) is 3.65. The van der Waals surface area contributed by atoms with Crippen molar-refractivity contribution in [3.05, 3.63) is 22.4 Å². The fourth-order valence-electron chi connectivity index (χ4n) is 2.61. The summed E-state index contributed by atoms with van der Waals surface area (Å²) in [4.78, 5) is 27.0. The molecule has 1 atom stereocenters. The van der Waals surface area contributed by atoms with Gasteiger partial charge in [-0.3, -0.25) is 0 Å². The van der Waals surface area contributed by atoms with E-state index in [2.05, 4.69) is 5.32 Å². The number of rotatable bonds is 6. The zero-order valence-electron chi connectivity index (χ0n) is 12.0. The maximum absolute atomic E-state index is 12.6. The molecule has 2 aliphatic carbocycles. The number of carbonyl (C=O) groups is 2. The minimum absolute atomic E-state index is 0.0572. The predicted octanol–water partition coefficient (Wildman–Crippen LogP) is 2.68. The monoisotopic (exact) mass is 308 g/mol. The summed E-state index contributed by atoms with van der Waals surface area (Å²) in [5.74, 6) is -0.882. The van der Waals surface area contributed by atoms with E-state index in [1.165, 1.54) is 0 Å². The molecular weight excluding hydrogens is 288 g/mol. The van der Waals surface area contributed by atoms with Crippen molar-refractivity contribution >= 4 is 23.3 Å². The second-order valence-electron chi connectivity index (χ2n) is 6.15. The largest absolute Gasteiger partial charge is 0.480 e. The van der Waals surface area contributed by atoms with Crippen LogP contribution in [0.2, 0.25) is 0 Å². The van der Waals surface area contributed by atoms with Gasteiger partial charge in [-0.1, -0.05) is 6.07 Å². The van der Waals surface area contributed by atoms with Crippen molar-refractivity contribution in [1.29, 1.82) is 0 Å². The average Bonchev–Trinajstić information content (AvgIpc) is 3.34. The molecular formula is C15H20N2O3S. The zero-order chi connectivity index (χ0) is 15.0. The first-order chi connectivity index (χ1) is 10.0. The third kappa shape index (κ3) is 3.05. The van der Waals surface area contributed by atoms with Gasteiger partial charge in [0.25, 0.3) is 0 Å². The van der Waals surface area contributed by atoms with E-state index in [1.54, 1.807) is 23.2 Å². The number of thiophene rings is 1. The molecule has 2 amide bonds. The molecule has 2 N–H and O–H groups in total. The third-order valence-electron chi connectivity index (χ3n) is 4.36. The van der Waals surface area contributed by atoms with Crippen molar-refractivity contribution < 1.29 is 14.7 Å². The molecule has 2 saturated carbocycles. The van der Waals surface area contributed by atoms with Crippen LogP contribution >= 0.6 is 11.3 Å². The lowest BCUT2D eigenvalue weighted by molar-refractivity contribution is -0.144. The Morgan fingerprint density at radius 2 is 2.14 bits per heavy atom. The highest BCUT2D eigenvalue weighted by Crippen LogP contribution is 2.40. The van der Waals surface area contributed by atoms with Gasteiger partial charge in [-0.15, -0.1) is 11.3 Å². The van der Waals surface area contributed by atoms with Crippen LogP contribution in [0.4, 0.5) is 4.79 Å². The normalized spacial score (nSPS) is 20.6. The highest BCUT2D eigenvalue weighted by Gasteiger charge is 2.49. The van der Waals surface area contributed by atoms with E-state index in [0.717, 1.165) is 30.6 Å². The van der Waals surface area contributed by atoms with Crippen LogP contribution < -0.4 is 5.32 Å². The molecule has 0 saturated heterocycles. The highest BCUT2D eigenvalue weighted by molar-refractivity contribution is 7.09. The molecule has 1 unspecified atom stereocenters. The van der Waals surface area contributed by atoms with Crippen molar-refractivity contribution in [3.63, 3.8) is 0 Å². The number of amides is 2. The van der Waals surface area contributed by atoms with Gasteiger partial charge in [-0.2, -0.15) is 0 Å². The molecule has 2 fully saturated rings. The Hall–Kier alpha value is -1.56. The van der Waals surface area contributed by atoms with Gasteiger partial charge in [-0.25, -0.2) is 9.59 Å². The van der Waals surface area contributed by atoms with E-state index in [0.29, 0.717) is 6.54 Å². The predicted molar refractivity (Wildman–Crippen MR) is 80.2 cm³/mol. The van der Waals surface area contributed by atoms with Gasteiger partial charge >= 0.3 is 12.0 Å². The lowest BCUT2D eigenvalue weighted by Gasteiger charge is -2.30. The standard InChI is InChI=1S/C15H20N2O3S/c1-15(13(18)19,10-4-5-10)16-14(20)17(11-6-7-11)9-12-3-2-8-21-12/h2-3,8,10-11H,4-7,9H2,1H3,(H,16,20)(H,18,19). The Bertz CT molecular complexity index is 537. The Balaban J connectivity index is 1.70. The number of urea groups is 1. The summed E-state index contributed by atoms with van der Waals surface area (Å²) < 4.78 is 0. The maximum atomic E-state index is 12.6. The van der Waals surface area contributed by atoms with E-state index in [-0.39, 0.29) is 18.0 Å². The number of carboxylic acid groups (broad SMARTS) is 1. The molecule has 1 heterocycles. The molecule has 0 aromatic carbocycles. The van der Waals surface area contributed by atoms with Crippen molar-refractivity contribution in [2.24, 2.45) is 5.92 Å². The number of nitrogens with one attached hydrogen (secondary N) is 1.